The van der Waals surface area contributed by atoms with E-state index in [4.69, 9.17) is 13.3 Å². The first-order valence-corrected chi connectivity index (χ1v) is 27.9. The molecule has 0 N–H and O–H groups in total. The van der Waals surface area contributed by atoms with E-state index in [1.54, 1.807) is 5.57 Å². The first-order valence-electron chi connectivity index (χ1n) is 17.6. The molecule has 3 saturated carbocycles. The topological polar surface area (TPSA) is 27.7 Å². The average Bonchev–Trinajstić information content (AvgIpc) is 3.18. The fourth-order valence-corrected chi connectivity index (χ4v) is 12.6. The summed E-state index contributed by atoms with van der Waals surface area (Å²) in [6.07, 6.45) is 17.2. The second-order valence-corrected chi connectivity index (χ2v) is 31.9. The van der Waals surface area contributed by atoms with Gasteiger partial charge in [-0.1, -0.05) is 46.1 Å². The van der Waals surface area contributed by atoms with Gasteiger partial charge in [0.05, 0.1) is 11.9 Å². The molecule has 3 nitrogen and oxygen atoms in total. The van der Waals surface area contributed by atoms with Crippen molar-refractivity contribution in [2.24, 2.45) is 46.3 Å². The SMILES string of the molecule is CC(CCC[C@@H](C)[C@H]1CCC2C3C(O[Si](C)(C)C)CC4=CC(O[Si](C)(C)C)=CC[C@]4(C)C3CC[C@@]21C)CO[Si](C)(C)C. The smallest absolute Gasteiger partial charge is 0.242 e. The molecule has 3 fully saturated rings. The lowest BCUT2D eigenvalue weighted by molar-refractivity contribution is -0.104. The number of hydrogen-bond donors (Lipinski definition) is 0. The molecule has 5 unspecified atom stereocenters. The number of hydrogen-bond acceptors (Lipinski definition) is 3. The maximum atomic E-state index is 7.20. The van der Waals surface area contributed by atoms with Crippen LogP contribution in [0.4, 0.5) is 0 Å². The summed E-state index contributed by atoms with van der Waals surface area (Å²) in [6, 6.07) is 0. The van der Waals surface area contributed by atoms with Crippen molar-refractivity contribution in [2.45, 2.75) is 151 Å². The number of rotatable bonds is 12. The Labute approximate surface area is 264 Å². The van der Waals surface area contributed by atoms with Crippen molar-refractivity contribution in [3.05, 3.63) is 23.5 Å². The van der Waals surface area contributed by atoms with Crippen LogP contribution in [0.5, 0.6) is 0 Å². The number of allylic oxidation sites excluding steroid dienone is 2. The Hall–Kier alpha value is -0.149. The van der Waals surface area contributed by atoms with Crippen molar-refractivity contribution in [1.82, 2.24) is 0 Å². The Morgan fingerprint density at radius 3 is 2.17 bits per heavy atom. The molecule has 242 valence electrons. The third kappa shape index (κ3) is 7.97. The Balaban J connectivity index is 1.50. The molecule has 6 heteroatoms. The minimum atomic E-state index is -1.69. The van der Waals surface area contributed by atoms with Gasteiger partial charge in [-0.2, -0.15) is 0 Å². The molecule has 0 heterocycles. The average molecular weight is 633 g/mol. The summed E-state index contributed by atoms with van der Waals surface area (Å²) in [7, 11) is -4.73. The molecule has 0 aromatic heterocycles. The maximum Gasteiger partial charge on any atom is 0.242 e. The summed E-state index contributed by atoms with van der Waals surface area (Å²) >= 11 is 0. The first kappa shape index (κ1) is 34.7. The van der Waals surface area contributed by atoms with Crippen LogP contribution in [0, 0.1) is 46.3 Å². The van der Waals surface area contributed by atoms with E-state index in [9.17, 15) is 0 Å². The van der Waals surface area contributed by atoms with E-state index in [1.165, 1.54) is 44.9 Å². The van der Waals surface area contributed by atoms with Gasteiger partial charge in [-0.15, -0.1) is 0 Å². The minimum absolute atomic E-state index is 0.259. The molecule has 0 aliphatic heterocycles. The second-order valence-electron chi connectivity index (χ2n) is 18.5. The van der Waals surface area contributed by atoms with Gasteiger partial charge in [-0.3, -0.25) is 0 Å². The van der Waals surface area contributed by atoms with Crippen LogP contribution in [0.1, 0.15) is 85.5 Å². The lowest BCUT2D eigenvalue weighted by Gasteiger charge is -2.61. The monoisotopic (exact) mass is 632 g/mol. The Morgan fingerprint density at radius 2 is 1.55 bits per heavy atom. The molecule has 4 rings (SSSR count). The number of fused-ring (bicyclic) bond motifs is 5. The molecule has 0 saturated heterocycles. The summed E-state index contributed by atoms with van der Waals surface area (Å²) in [5.41, 5.74) is 2.35. The summed E-state index contributed by atoms with van der Waals surface area (Å²) in [4.78, 5) is 0. The molecule has 4 aliphatic rings. The van der Waals surface area contributed by atoms with Gasteiger partial charge < -0.3 is 13.3 Å². The molecule has 9 atom stereocenters. The normalized spacial score (nSPS) is 36.7. The molecular weight excluding hydrogens is 565 g/mol. The lowest BCUT2D eigenvalue weighted by atomic mass is 9.46. The lowest BCUT2D eigenvalue weighted by Crippen LogP contribution is -2.57. The van der Waals surface area contributed by atoms with E-state index in [1.807, 2.05) is 0 Å². The van der Waals surface area contributed by atoms with Crippen molar-refractivity contribution >= 4 is 25.0 Å². The van der Waals surface area contributed by atoms with Crippen LogP contribution in [0.15, 0.2) is 23.5 Å². The van der Waals surface area contributed by atoms with Crippen molar-refractivity contribution in [3.63, 3.8) is 0 Å². The van der Waals surface area contributed by atoms with Crippen molar-refractivity contribution in [3.8, 4) is 0 Å². The van der Waals surface area contributed by atoms with Crippen LogP contribution in [0.25, 0.3) is 0 Å². The second kappa shape index (κ2) is 12.6. The van der Waals surface area contributed by atoms with Gasteiger partial charge in [0.25, 0.3) is 0 Å². The third-order valence-electron chi connectivity index (χ3n) is 11.6. The molecule has 0 aromatic rings. The zero-order valence-electron chi connectivity index (χ0n) is 30.0. The van der Waals surface area contributed by atoms with Crippen LogP contribution < -0.4 is 0 Å². The van der Waals surface area contributed by atoms with E-state index < -0.39 is 25.0 Å². The standard InChI is InChI=1S/C36H68O3Si3/c1-26(25-37-40(5,6)7)15-14-16-27(2)30-17-18-31-34-32(20-22-36(30,31)4)35(3)21-19-29(38-41(8,9)10)23-28(35)24-33(34)39-42(11,12)13/h19,23,26-27,30-34H,14-18,20-22,24-25H2,1-13H3/t26?,27-,30-,31?,32?,33?,34?,35+,36-/m1/s1. The van der Waals surface area contributed by atoms with Gasteiger partial charge in [-0.05, 0) is 162 Å². The largest absolute Gasteiger partial charge is 0.545 e. The first-order chi connectivity index (χ1) is 19.2. The van der Waals surface area contributed by atoms with Crippen molar-refractivity contribution < 1.29 is 13.3 Å². The van der Waals surface area contributed by atoms with Gasteiger partial charge in [0.1, 0.15) is 0 Å². The highest BCUT2D eigenvalue weighted by molar-refractivity contribution is 6.70. The van der Waals surface area contributed by atoms with Gasteiger partial charge >= 0.3 is 0 Å². The molecule has 0 aromatic carbocycles. The van der Waals surface area contributed by atoms with Gasteiger partial charge in [0, 0.05) is 6.61 Å². The van der Waals surface area contributed by atoms with Crippen LogP contribution in [0.2, 0.25) is 58.9 Å². The molecular formula is C36H68O3Si3. The van der Waals surface area contributed by atoms with Crippen LogP contribution in [-0.4, -0.2) is 37.7 Å². The molecule has 0 bridgehead atoms. The predicted octanol–water partition coefficient (Wildman–Crippen LogP) is 11.0. The zero-order valence-corrected chi connectivity index (χ0v) is 33.0. The van der Waals surface area contributed by atoms with Gasteiger partial charge in [0.2, 0.25) is 8.32 Å². The van der Waals surface area contributed by atoms with Gasteiger partial charge in [-0.25, -0.2) is 0 Å². The van der Waals surface area contributed by atoms with E-state index >= 15 is 0 Å². The molecule has 0 radical (unpaired) electrons. The van der Waals surface area contributed by atoms with E-state index in [0.29, 0.717) is 23.4 Å². The Kier molecular flexibility index (Phi) is 10.4. The highest BCUT2D eigenvalue weighted by Gasteiger charge is 2.62. The fourth-order valence-electron chi connectivity index (χ4n) is 9.77. The molecule has 42 heavy (non-hydrogen) atoms. The minimum Gasteiger partial charge on any atom is -0.545 e. The summed E-state index contributed by atoms with van der Waals surface area (Å²) < 4.78 is 20.0. The Morgan fingerprint density at radius 1 is 0.857 bits per heavy atom. The van der Waals surface area contributed by atoms with Crippen molar-refractivity contribution in [1.29, 1.82) is 0 Å². The molecule has 4 aliphatic carbocycles. The molecule has 0 spiro atoms. The highest BCUT2D eigenvalue weighted by Crippen LogP contribution is 2.68. The van der Waals surface area contributed by atoms with Gasteiger partial charge in [0.15, 0.2) is 16.6 Å². The predicted molar refractivity (Wildman–Crippen MR) is 188 cm³/mol. The van der Waals surface area contributed by atoms with Crippen LogP contribution in [0.3, 0.4) is 0 Å². The zero-order chi connectivity index (χ0) is 31.3. The quantitative estimate of drug-likeness (QED) is 0.200. The highest BCUT2D eigenvalue weighted by atomic mass is 28.4. The third-order valence-corrected chi connectivity index (χ3v) is 14.5. The Bertz CT molecular complexity index is 1000. The summed E-state index contributed by atoms with van der Waals surface area (Å²) in [5.74, 6) is 5.71. The fraction of sp³-hybridized carbons (Fsp3) is 0.889. The van der Waals surface area contributed by atoms with Crippen molar-refractivity contribution in [2.75, 3.05) is 6.61 Å². The summed E-state index contributed by atoms with van der Waals surface area (Å²) in [5, 5.41) is 0. The maximum absolute atomic E-state index is 7.20. The van der Waals surface area contributed by atoms with E-state index in [2.05, 4.69) is 98.8 Å². The van der Waals surface area contributed by atoms with Crippen LogP contribution in [-0.2, 0) is 13.3 Å². The summed E-state index contributed by atoms with van der Waals surface area (Å²) in [6.45, 7) is 32.3. The van der Waals surface area contributed by atoms with Crippen LogP contribution >= 0.6 is 0 Å². The van der Waals surface area contributed by atoms with E-state index in [0.717, 1.165) is 48.9 Å². The molecule has 0 amide bonds. The van der Waals surface area contributed by atoms with E-state index in [-0.39, 0.29) is 5.41 Å².